The summed E-state index contributed by atoms with van der Waals surface area (Å²) in [7, 11) is 0. The number of ether oxygens (including phenoxy) is 1. The van der Waals surface area contributed by atoms with Crippen molar-refractivity contribution in [1.82, 2.24) is 0 Å². The number of primary amides is 1. The monoisotopic (exact) mass is 344 g/mol. The van der Waals surface area contributed by atoms with E-state index in [0.29, 0.717) is 11.7 Å². The largest absolute Gasteiger partial charge is 0.493 e. The maximum absolute atomic E-state index is 12.3. The molecule has 0 bridgehead atoms. The highest BCUT2D eigenvalue weighted by molar-refractivity contribution is 7.12. The van der Waals surface area contributed by atoms with Gasteiger partial charge in [-0.3, -0.25) is 9.59 Å². The van der Waals surface area contributed by atoms with Crippen LogP contribution in [0.5, 0.6) is 5.75 Å². The quantitative estimate of drug-likeness (QED) is 0.810. The number of hydrogen-bond donors (Lipinski definition) is 2. The van der Waals surface area contributed by atoms with Crippen molar-refractivity contribution in [1.29, 1.82) is 0 Å². The number of carbonyl (C=O) groups excluding carboxylic acids is 2. The molecule has 3 N–H and O–H groups in total. The van der Waals surface area contributed by atoms with Crippen molar-refractivity contribution in [2.45, 2.75) is 25.7 Å². The maximum Gasteiger partial charge on any atom is 0.228 e. The minimum absolute atomic E-state index is 0.0634. The van der Waals surface area contributed by atoms with Gasteiger partial charge in [0.15, 0.2) is 0 Å². The van der Waals surface area contributed by atoms with Gasteiger partial charge >= 0.3 is 0 Å². The molecule has 1 aliphatic rings. The minimum Gasteiger partial charge on any atom is -0.493 e. The average molecular weight is 344 g/mol. The average Bonchev–Trinajstić information content (AvgIpc) is 3.23. The van der Waals surface area contributed by atoms with Crippen LogP contribution < -0.4 is 15.8 Å². The second-order valence-electron chi connectivity index (χ2n) is 5.98. The van der Waals surface area contributed by atoms with E-state index in [-0.39, 0.29) is 30.8 Å². The van der Waals surface area contributed by atoms with Gasteiger partial charge in [-0.25, -0.2) is 0 Å². The molecule has 0 saturated heterocycles. The Morgan fingerprint density at radius 3 is 2.62 bits per heavy atom. The van der Waals surface area contributed by atoms with Crippen LogP contribution in [0, 0.1) is 12.8 Å². The van der Waals surface area contributed by atoms with Gasteiger partial charge < -0.3 is 15.8 Å². The van der Waals surface area contributed by atoms with Crippen molar-refractivity contribution >= 4 is 28.8 Å². The molecule has 126 valence electrons. The molecule has 2 aromatic rings. The lowest BCUT2D eigenvalue weighted by molar-refractivity contribution is -0.118. The topological polar surface area (TPSA) is 81.4 Å². The molecule has 0 spiro atoms. The van der Waals surface area contributed by atoms with Crippen LogP contribution in [0.2, 0.25) is 0 Å². The number of thiophene rings is 1. The van der Waals surface area contributed by atoms with E-state index in [0.717, 1.165) is 12.1 Å². The predicted octanol–water partition coefficient (Wildman–Crippen LogP) is 3.05. The zero-order valence-corrected chi connectivity index (χ0v) is 14.3. The zero-order chi connectivity index (χ0) is 17.1. The molecule has 1 heterocycles. The van der Waals surface area contributed by atoms with E-state index in [1.165, 1.54) is 9.75 Å². The number of carbonyl (C=O) groups is 2. The summed E-state index contributed by atoms with van der Waals surface area (Å²) in [5, 5.41) is 2.95. The van der Waals surface area contributed by atoms with Crippen LogP contribution in [0.3, 0.4) is 0 Å². The first-order chi connectivity index (χ1) is 11.5. The summed E-state index contributed by atoms with van der Waals surface area (Å²) in [6.07, 6.45) is 1.10. The maximum atomic E-state index is 12.3. The lowest BCUT2D eigenvalue weighted by atomic mass is 10.2. The van der Waals surface area contributed by atoms with Crippen LogP contribution in [0.25, 0.3) is 0 Å². The van der Waals surface area contributed by atoms with Crippen molar-refractivity contribution in [2.24, 2.45) is 11.7 Å². The summed E-state index contributed by atoms with van der Waals surface area (Å²) in [6, 6.07) is 11.3. The normalized spacial score (nSPS) is 18.9. The Bertz CT molecular complexity index is 739. The van der Waals surface area contributed by atoms with E-state index in [4.69, 9.17) is 10.5 Å². The number of aryl methyl sites for hydroxylation is 1. The van der Waals surface area contributed by atoms with Gasteiger partial charge in [0, 0.05) is 27.3 Å². The Labute approximate surface area is 144 Å². The Morgan fingerprint density at radius 1 is 1.25 bits per heavy atom. The number of amides is 2. The van der Waals surface area contributed by atoms with Gasteiger partial charge in [-0.2, -0.15) is 0 Å². The molecule has 1 saturated carbocycles. The molecular formula is C18H20N2O3S. The van der Waals surface area contributed by atoms with E-state index in [2.05, 4.69) is 24.4 Å². The van der Waals surface area contributed by atoms with Crippen molar-refractivity contribution in [3.63, 3.8) is 0 Å². The van der Waals surface area contributed by atoms with Crippen LogP contribution in [0.15, 0.2) is 36.4 Å². The Hall–Kier alpha value is -2.34. The minimum atomic E-state index is -0.390. The highest BCUT2D eigenvalue weighted by Crippen LogP contribution is 2.50. The van der Waals surface area contributed by atoms with Gasteiger partial charge in [-0.1, -0.05) is 0 Å². The number of benzene rings is 1. The third kappa shape index (κ3) is 4.14. The fourth-order valence-corrected chi connectivity index (χ4v) is 3.65. The standard InChI is InChI=1S/C18H20N2O3S/c1-11-2-7-16(24-11)14-10-15(14)18(22)20-12-3-5-13(6-4-12)23-9-8-17(19)21/h2-7,14-15H,8-10H2,1H3,(H2,19,21)(H,20,22). The summed E-state index contributed by atoms with van der Waals surface area (Å²) in [5.74, 6) is 0.745. The second kappa shape index (κ2) is 7.05. The van der Waals surface area contributed by atoms with E-state index >= 15 is 0 Å². The summed E-state index contributed by atoms with van der Waals surface area (Å²) in [5.41, 5.74) is 5.80. The molecule has 6 heteroatoms. The van der Waals surface area contributed by atoms with E-state index in [1.54, 1.807) is 35.6 Å². The van der Waals surface area contributed by atoms with Crippen LogP contribution in [-0.4, -0.2) is 18.4 Å². The third-order valence-electron chi connectivity index (χ3n) is 3.99. The SMILES string of the molecule is Cc1ccc(C2CC2C(=O)Nc2ccc(OCCC(N)=O)cc2)s1. The molecule has 2 amide bonds. The van der Waals surface area contributed by atoms with Gasteiger partial charge in [0.1, 0.15) is 5.75 Å². The molecule has 1 aliphatic carbocycles. The van der Waals surface area contributed by atoms with Crippen molar-refractivity contribution in [3.8, 4) is 5.75 Å². The summed E-state index contributed by atoms with van der Waals surface area (Å²) in [4.78, 5) is 25.5. The van der Waals surface area contributed by atoms with Gasteiger partial charge in [0.2, 0.25) is 11.8 Å². The lowest BCUT2D eigenvalue weighted by Gasteiger charge is -2.07. The Balaban J connectivity index is 1.49. The molecule has 0 aliphatic heterocycles. The predicted molar refractivity (Wildman–Crippen MR) is 94.3 cm³/mol. The van der Waals surface area contributed by atoms with Crippen LogP contribution >= 0.6 is 11.3 Å². The summed E-state index contributed by atoms with van der Waals surface area (Å²) >= 11 is 1.77. The third-order valence-corrected chi connectivity index (χ3v) is 5.13. The van der Waals surface area contributed by atoms with E-state index in [1.807, 2.05) is 0 Å². The summed E-state index contributed by atoms with van der Waals surface area (Å²) < 4.78 is 5.40. The van der Waals surface area contributed by atoms with Crippen LogP contribution in [0.4, 0.5) is 5.69 Å². The molecular weight excluding hydrogens is 324 g/mol. The van der Waals surface area contributed by atoms with E-state index < -0.39 is 0 Å². The smallest absolute Gasteiger partial charge is 0.228 e. The second-order valence-corrected chi connectivity index (χ2v) is 7.29. The Morgan fingerprint density at radius 2 is 2.00 bits per heavy atom. The first kappa shape index (κ1) is 16.5. The van der Waals surface area contributed by atoms with Gasteiger partial charge in [-0.15, -0.1) is 11.3 Å². The summed E-state index contributed by atoms with van der Waals surface area (Å²) in [6.45, 7) is 2.34. The highest BCUT2D eigenvalue weighted by atomic mass is 32.1. The van der Waals surface area contributed by atoms with Crippen molar-refractivity contribution in [2.75, 3.05) is 11.9 Å². The molecule has 2 atom stereocenters. The molecule has 24 heavy (non-hydrogen) atoms. The van der Waals surface area contributed by atoms with Crippen LogP contribution in [-0.2, 0) is 9.59 Å². The Kier molecular flexibility index (Phi) is 4.85. The molecule has 5 nitrogen and oxygen atoms in total. The fraction of sp³-hybridized carbons (Fsp3) is 0.333. The first-order valence-corrected chi connectivity index (χ1v) is 8.73. The zero-order valence-electron chi connectivity index (χ0n) is 13.5. The number of anilines is 1. The number of nitrogens with two attached hydrogens (primary N) is 1. The number of nitrogens with one attached hydrogen (secondary N) is 1. The number of hydrogen-bond acceptors (Lipinski definition) is 4. The molecule has 1 aromatic heterocycles. The molecule has 2 unspecified atom stereocenters. The highest BCUT2D eigenvalue weighted by Gasteiger charge is 2.44. The van der Waals surface area contributed by atoms with Crippen LogP contribution in [0.1, 0.15) is 28.5 Å². The van der Waals surface area contributed by atoms with Crippen molar-refractivity contribution in [3.05, 3.63) is 46.2 Å². The van der Waals surface area contributed by atoms with Gasteiger partial charge in [0.05, 0.1) is 13.0 Å². The van der Waals surface area contributed by atoms with Gasteiger partial charge in [-0.05, 0) is 49.7 Å². The number of rotatable bonds is 7. The first-order valence-electron chi connectivity index (χ1n) is 7.91. The molecule has 1 aromatic carbocycles. The molecule has 1 fully saturated rings. The fourth-order valence-electron chi connectivity index (χ4n) is 2.59. The van der Waals surface area contributed by atoms with Crippen molar-refractivity contribution < 1.29 is 14.3 Å². The van der Waals surface area contributed by atoms with E-state index in [9.17, 15) is 9.59 Å². The lowest BCUT2D eigenvalue weighted by Crippen LogP contribution is -2.15. The van der Waals surface area contributed by atoms with Gasteiger partial charge in [0.25, 0.3) is 0 Å². The molecule has 0 radical (unpaired) electrons. The molecule has 3 rings (SSSR count).